The third-order valence-corrected chi connectivity index (χ3v) is 3.89. The van der Waals surface area contributed by atoms with Gasteiger partial charge in [0.05, 0.1) is 40.0 Å². The van der Waals surface area contributed by atoms with Crippen LogP contribution in [0.15, 0.2) is 36.8 Å². The number of rotatable bonds is 3. The average molecular weight is 323 g/mol. The van der Waals surface area contributed by atoms with Crippen LogP contribution in [0.1, 0.15) is 17.3 Å². The van der Waals surface area contributed by atoms with E-state index in [1.807, 2.05) is 0 Å². The maximum Gasteiger partial charge on any atom is 0.240 e. The fourth-order valence-corrected chi connectivity index (χ4v) is 2.84. The van der Waals surface area contributed by atoms with Gasteiger partial charge in [0, 0.05) is 6.20 Å². The van der Waals surface area contributed by atoms with E-state index >= 15 is 0 Å². The summed E-state index contributed by atoms with van der Waals surface area (Å²) in [5.74, 6) is -1.24. The average Bonchev–Trinajstić information content (AvgIpc) is 3.27. The number of hydrogen-bond donors (Lipinski definition) is 4. The number of fused-ring (bicyclic) bond motifs is 1. The predicted molar refractivity (Wildman–Crippen MR) is 86.3 cm³/mol. The van der Waals surface area contributed by atoms with Crippen LogP contribution in [0.4, 0.5) is 0 Å². The van der Waals surface area contributed by atoms with Crippen molar-refractivity contribution >= 4 is 16.8 Å². The molecule has 0 aliphatic heterocycles. The van der Waals surface area contributed by atoms with E-state index in [0.717, 1.165) is 11.0 Å². The molecule has 4 aromatic rings. The zero-order valence-electron chi connectivity index (χ0n) is 12.6. The van der Waals surface area contributed by atoms with E-state index in [4.69, 9.17) is 0 Å². The molecule has 0 aliphatic rings. The van der Waals surface area contributed by atoms with Crippen LogP contribution in [-0.2, 0) is 0 Å². The molecule has 0 aliphatic carbocycles. The van der Waals surface area contributed by atoms with Gasteiger partial charge in [0.1, 0.15) is 0 Å². The number of benzene rings is 1. The second-order valence-electron chi connectivity index (χ2n) is 5.36. The lowest BCUT2D eigenvalue weighted by Gasteiger charge is -2.10. The van der Waals surface area contributed by atoms with E-state index in [1.54, 1.807) is 30.6 Å². The molecule has 0 fully saturated rings. The highest BCUT2D eigenvalue weighted by atomic mass is 16.3. The minimum atomic E-state index is -0.461. The van der Waals surface area contributed by atoms with Crippen molar-refractivity contribution in [2.45, 2.75) is 6.92 Å². The molecule has 0 bridgehead atoms. The van der Waals surface area contributed by atoms with E-state index in [0.29, 0.717) is 17.1 Å². The minimum Gasteiger partial charge on any atom is -0.503 e. The number of hydrogen-bond acceptors (Lipinski definition) is 5. The number of aromatic amines is 2. The van der Waals surface area contributed by atoms with Gasteiger partial charge in [0.25, 0.3) is 0 Å². The van der Waals surface area contributed by atoms with Gasteiger partial charge in [0.2, 0.25) is 5.88 Å². The number of ketones is 1. The summed E-state index contributed by atoms with van der Waals surface area (Å²) >= 11 is 0. The molecular formula is C16H13N5O3. The summed E-state index contributed by atoms with van der Waals surface area (Å²) in [5.41, 5.74) is 2.97. The molecule has 0 saturated carbocycles. The molecule has 24 heavy (non-hydrogen) atoms. The van der Waals surface area contributed by atoms with E-state index < -0.39 is 11.6 Å². The number of H-pyrrole nitrogens is 2. The largest absolute Gasteiger partial charge is 0.503 e. The van der Waals surface area contributed by atoms with Gasteiger partial charge in [-0.25, -0.2) is 4.98 Å². The fraction of sp³-hybridized carbons (Fsp3) is 0.0625. The van der Waals surface area contributed by atoms with Gasteiger partial charge < -0.3 is 15.2 Å². The number of carbonyl (C=O) groups is 1. The maximum absolute atomic E-state index is 12.0. The number of carbonyl (C=O) groups excluding carboxylic acids is 1. The molecule has 0 radical (unpaired) electrons. The molecule has 4 N–H and O–H groups in total. The smallest absolute Gasteiger partial charge is 0.240 e. The van der Waals surface area contributed by atoms with Crippen LogP contribution in [-0.4, -0.2) is 40.7 Å². The lowest BCUT2D eigenvalue weighted by atomic mass is 10.1. The van der Waals surface area contributed by atoms with Gasteiger partial charge in [-0.1, -0.05) is 0 Å². The van der Waals surface area contributed by atoms with Gasteiger partial charge in [-0.2, -0.15) is 5.10 Å². The molecule has 3 aromatic heterocycles. The van der Waals surface area contributed by atoms with Crippen LogP contribution in [0.2, 0.25) is 0 Å². The quantitative estimate of drug-likeness (QED) is 0.431. The lowest BCUT2D eigenvalue weighted by molar-refractivity contribution is 0.101. The summed E-state index contributed by atoms with van der Waals surface area (Å²) in [5, 5.41) is 27.3. The SMILES string of the molecule is CC(=O)c1c(O)c(O)n(-c2ccc3nc[nH]c3c2)c1-c1ccn[nH]1. The van der Waals surface area contributed by atoms with E-state index in [9.17, 15) is 15.0 Å². The molecule has 0 amide bonds. The van der Waals surface area contributed by atoms with Crippen molar-refractivity contribution in [1.29, 1.82) is 0 Å². The highest BCUT2D eigenvalue weighted by Crippen LogP contribution is 2.42. The summed E-state index contributed by atoms with van der Waals surface area (Å²) in [7, 11) is 0. The Bertz CT molecular complexity index is 1060. The van der Waals surface area contributed by atoms with Crippen molar-refractivity contribution < 1.29 is 15.0 Å². The second kappa shape index (κ2) is 4.98. The first kappa shape index (κ1) is 14.1. The zero-order valence-corrected chi connectivity index (χ0v) is 12.6. The number of Topliss-reactive ketones (excluding diaryl/α,β-unsaturated/α-hetero) is 1. The monoisotopic (exact) mass is 323 g/mol. The zero-order chi connectivity index (χ0) is 16.8. The summed E-state index contributed by atoms with van der Waals surface area (Å²) in [4.78, 5) is 19.2. The molecule has 8 nitrogen and oxygen atoms in total. The van der Waals surface area contributed by atoms with Gasteiger partial charge in [-0.3, -0.25) is 14.5 Å². The third kappa shape index (κ3) is 1.89. The van der Waals surface area contributed by atoms with Crippen LogP contribution in [0.5, 0.6) is 11.6 Å². The Kier molecular flexibility index (Phi) is 2.92. The first-order chi connectivity index (χ1) is 11.6. The summed E-state index contributed by atoms with van der Waals surface area (Å²) in [6.45, 7) is 1.33. The fourth-order valence-electron chi connectivity index (χ4n) is 2.84. The highest BCUT2D eigenvalue weighted by Gasteiger charge is 2.28. The molecule has 4 rings (SSSR count). The summed E-state index contributed by atoms with van der Waals surface area (Å²) < 4.78 is 1.40. The molecule has 0 saturated heterocycles. The van der Waals surface area contributed by atoms with Crippen LogP contribution in [0, 0.1) is 0 Å². The predicted octanol–water partition coefficient (Wildman–Crippen LogP) is 2.36. The molecule has 1 aromatic carbocycles. The number of nitrogens with zero attached hydrogens (tertiary/aromatic N) is 3. The maximum atomic E-state index is 12.0. The van der Waals surface area contributed by atoms with Crippen LogP contribution in [0.3, 0.4) is 0 Å². The molecule has 8 heteroatoms. The lowest BCUT2D eigenvalue weighted by Crippen LogP contribution is -2.01. The number of aromatic nitrogens is 5. The molecular weight excluding hydrogens is 310 g/mol. The van der Waals surface area contributed by atoms with Gasteiger partial charge in [-0.15, -0.1) is 0 Å². The number of imidazole rings is 1. The van der Waals surface area contributed by atoms with Crippen molar-refractivity contribution in [2.75, 3.05) is 0 Å². The normalized spacial score (nSPS) is 11.2. The Hall–Kier alpha value is -3.55. The van der Waals surface area contributed by atoms with Crippen molar-refractivity contribution in [2.24, 2.45) is 0 Å². The van der Waals surface area contributed by atoms with E-state index in [1.165, 1.54) is 17.7 Å². The minimum absolute atomic E-state index is 0.0291. The summed E-state index contributed by atoms with van der Waals surface area (Å²) in [6, 6.07) is 6.95. The molecule has 0 unspecified atom stereocenters. The van der Waals surface area contributed by atoms with E-state index in [2.05, 4.69) is 20.2 Å². The number of nitrogens with one attached hydrogen (secondary N) is 2. The molecule has 120 valence electrons. The number of aromatic hydroxyl groups is 2. The van der Waals surface area contributed by atoms with Gasteiger partial charge >= 0.3 is 0 Å². The van der Waals surface area contributed by atoms with Crippen molar-refractivity contribution in [3.63, 3.8) is 0 Å². The molecule has 0 atom stereocenters. The second-order valence-corrected chi connectivity index (χ2v) is 5.36. The van der Waals surface area contributed by atoms with Crippen LogP contribution < -0.4 is 0 Å². The Balaban J connectivity index is 2.07. The van der Waals surface area contributed by atoms with Crippen molar-refractivity contribution in [3.05, 3.63) is 42.4 Å². The first-order valence-electron chi connectivity index (χ1n) is 7.18. The highest BCUT2D eigenvalue weighted by molar-refractivity contribution is 6.04. The van der Waals surface area contributed by atoms with Crippen molar-refractivity contribution in [3.8, 4) is 28.7 Å². The Morgan fingerprint density at radius 2 is 2.08 bits per heavy atom. The van der Waals surface area contributed by atoms with Gasteiger partial charge in [0.15, 0.2) is 11.5 Å². The molecule has 3 heterocycles. The Morgan fingerprint density at radius 3 is 2.79 bits per heavy atom. The van der Waals surface area contributed by atoms with E-state index in [-0.39, 0.29) is 11.3 Å². The third-order valence-electron chi connectivity index (χ3n) is 3.89. The standard InChI is InChI=1S/C16H13N5O3/c1-8(22)13-14(11-4-5-19-20-11)21(16(24)15(13)23)9-2-3-10-12(6-9)18-7-17-10/h2-7,23-24H,1H3,(H,17,18)(H,19,20). The van der Waals surface area contributed by atoms with Gasteiger partial charge in [-0.05, 0) is 31.2 Å². The van der Waals surface area contributed by atoms with Crippen molar-refractivity contribution in [1.82, 2.24) is 24.7 Å². The topological polar surface area (TPSA) is 120 Å². The first-order valence-corrected chi connectivity index (χ1v) is 7.18. The van der Waals surface area contributed by atoms with Crippen LogP contribution >= 0.6 is 0 Å². The summed E-state index contributed by atoms with van der Waals surface area (Å²) in [6.07, 6.45) is 3.10. The molecule has 0 spiro atoms. The Labute approximate surface area is 135 Å². The Morgan fingerprint density at radius 1 is 1.25 bits per heavy atom. The van der Waals surface area contributed by atoms with Crippen LogP contribution in [0.25, 0.3) is 28.1 Å².